The SMILES string of the molecule is Cc1ccc(S(=O)(=O)Nc2ccccc2C(=O)NCC(=O)NC2CC3CCC(C2)N3Cc2ccc(Cl)cc2)cc1. The lowest BCUT2D eigenvalue weighted by Crippen LogP contribution is -2.51. The van der Waals surface area contributed by atoms with Crippen LogP contribution in [0.15, 0.2) is 77.7 Å². The van der Waals surface area contributed by atoms with Crippen LogP contribution >= 0.6 is 11.6 Å². The number of fused-ring (bicyclic) bond motifs is 2. The highest BCUT2D eigenvalue weighted by Gasteiger charge is 2.40. The lowest BCUT2D eigenvalue weighted by molar-refractivity contribution is -0.121. The highest BCUT2D eigenvalue weighted by atomic mass is 35.5. The number of nitrogens with zero attached hydrogens (tertiary/aromatic N) is 1. The Morgan fingerprint density at radius 2 is 1.57 bits per heavy atom. The van der Waals surface area contributed by atoms with Crippen LogP contribution in [0.5, 0.6) is 0 Å². The molecule has 2 saturated heterocycles. The first kappa shape index (κ1) is 28.1. The molecule has 0 radical (unpaired) electrons. The number of halogens is 1. The third-order valence-electron chi connectivity index (χ3n) is 7.68. The summed E-state index contributed by atoms with van der Waals surface area (Å²) in [5, 5.41) is 6.46. The maximum atomic E-state index is 12.9. The Kier molecular flexibility index (Phi) is 8.44. The van der Waals surface area contributed by atoms with Gasteiger partial charge in [-0.2, -0.15) is 0 Å². The van der Waals surface area contributed by atoms with E-state index in [4.69, 9.17) is 11.6 Å². The van der Waals surface area contributed by atoms with Gasteiger partial charge in [0.15, 0.2) is 0 Å². The summed E-state index contributed by atoms with van der Waals surface area (Å²) in [5.41, 5.74) is 2.45. The van der Waals surface area contributed by atoms with Crippen molar-refractivity contribution in [3.63, 3.8) is 0 Å². The van der Waals surface area contributed by atoms with Crippen molar-refractivity contribution in [2.24, 2.45) is 0 Å². The number of nitrogens with one attached hydrogen (secondary N) is 3. The predicted molar refractivity (Wildman–Crippen MR) is 156 cm³/mol. The molecule has 3 N–H and O–H groups in total. The van der Waals surface area contributed by atoms with Crippen molar-refractivity contribution < 1.29 is 18.0 Å². The summed E-state index contributed by atoms with van der Waals surface area (Å²) in [5.74, 6) is -0.795. The summed E-state index contributed by atoms with van der Waals surface area (Å²) in [4.78, 5) is 28.3. The van der Waals surface area contributed by atoms with Crippen LogP contribution in [0.3, 0.4) is 0 Å². The van der Waals surface area contributed by atoms with Crippen LogP contribution < -0.4 is 15.4 Å². The van der Waals surface area contributed by atoms with Crippen LogP contribution in [0.2, 0.25) is 5.02 Å². The topological polar surface area (TPSA) is 108 Å². The van der Waals surface area contributed by atoms with E-state index in [2.05, 4.69) is 32.4 Å². The molecule has 0 aromatic heterocycles. The molecule has 2 bridgehead atoms. The maximum Gasteiger partial charge on any atom is 0.261 e. The third-order valence-corrected chi connectivity index (χ3v) is 9.32. The normalized spacial score (nSPS) is 20.6. The smallest absolute Gasteiger partial charge is 0.261 e. The van der Waals surface area contributed by atoms with Gasteiger partial charge in [0.25, 0.3) is 15.9 Å². The third kappa shape index (κ3) is 6.66. The summed E-state index contributed by atoms with van der Waals surface area (Å²) >= 11 is 6.02. The molecule has 2 aliphatic heterocycles. The van der Waals surface area contributed by atoms with Gasteiger partial charge in [-0.1, -0.05) is 53.6 Å². The van der Waals surface area contributed by atoms with E-state index in [9.17, 15) is 18.0 Å². The second-order valence-corrected chi connectivity index (χ2v) is 12.7. The summed E-state index contributed by atoms with van der Waals surface area (Å²) in [6.45, 7) is 2.55. The molecule has 2 amide bonds. The Bertz CT molecular complexity index is 1460. The van der Waals surface area contributed by atoms with Gasteiger partial charge in [0, 0.05) is 29.7 Å². The predicted octanol–water partition coefficient (Wildman–Crippen LogP) is 4.49. The fourth-order valence-corrected chi connectivity index (χ4v) is 6.88. The van der Waals surface area contributed by atoms with Gasteiger partial charge < -0.3 is 10.6 Å². The number of para-hydroxylation sites is 1. The van der Waals surface area contributed by atoms with Gasteiger partial charge in [-0.05, 0) is 74.6 Å². The molecule has 2 unspecified atom stereocenters. The molecule has 5 rings (SSSR count). The number of piperidine rings is 1. The highest BCUT2D eigenvalue weighted by Crippen LogP contribution is 2.37. The van der Waals surface area contributed by atoms with Crippen molar-refractivity contribution in [2.45, 2.75) is 62.2 Å². The Morgan fingerprint density at radius 3 is 2.25 bits per heavy atom. The Hall–Kier alpha value is -3.40. The van der Waals surface area contributed by atoms with Crippen LogP contribution in [0, 0.1) is 6.92 Å². The number of amides is 2. The van der Waals surface area contributed by atoms with E-state index >= 15 is 0 Å². The average molecular weight is 581 g/mol. The van der Waals surface area contributed by atoms with E-state index < -0.39 is 15.9 Å². The standard InChI is InChI=1S/C30H33ClN4O4S/c1-20-6-14-26(15-7-20)40(38,39)34-28-5-3-2-4-27(28)30(37)32-18-29(36)33-23-16-24-12-13-25(17-23)35(24)19-21-8-10-22(31)11-9-21/h2-11,14-15,23-25,34H,12-13,16-19H2,1H3,(H,32,37)(H,33,36). The number of hydrogen-bond donors (Lipinski definition) is 3. The molecule has 0 aliphatic carbocycles. The van der Waals surface area contributed by atoms with E-state index in [1.54, 1.807) is 24.3 Å². The van der Waals surface area contributed by atoms with Crippen molar-refractivity contribution in [3.8, 4) is 0 Å². The quantitative estimate of drug-likeness (QED) is 0.346. The zero-order valence-electron chi connectivity index (χ0n) is 22.3. The zero-order valence-corrected chi connectivity index (χ0v) is 23.8. The van der Waals surface area contributed by atoms with Crippen LogP contribution in [-0.2, 0) is 21.4 Å². The largest absolute Gasteiger partial charge is 0.352 e. The summed E-state index contributed by atoms with van der Waals surface area (Å²) in [6, 6.07) is 21.6. The fourth-order valence-electron chi connectivity index (χ4n) is 5.68. The minimum absolute atomic E-state index is 0.0528. The molecule has 3 aromatic rings. The molecule has 2 aliphatic rings. The van der Waals surface area contributed by atoms with E-state index in [0.29, 0.717) is 12.1 Å². The summed E-state index contributed by atoms with van der Waals surface area (Å²) < 4.78 is 28.2. The van der Waals surface area contributed by atoms with Gasteiger partial charge in [-0.25, -0.2) is 8.42 Å². The molecule has 2 heterocycles. The Balaban J connectivity index is 1.14. The van der Waals surface area contributed by atoms with Crippen molar-refractivity contribution in [3.05, 3.63) is 94.5 Å². The maximum absolute atomic E-state index is 12.9. The Morgan fingerprint density at radius 1 is 0.925 bits per heavy atom. The van der Waals surface area contributed by atoms with Gasteiger partial charge in [-0.15, -0.1) is 0 Å². The van der Waals surface area contributed by atoms with E-state index in [1.165, 1.54) is 29.8 Å². The molecular formula is C30H33ClN4O4S. The van der Waals surface area contributed by atoms with Gasteiger partial charge in [0.1, 0.15) is 0 Å². The van der Waals surface area contributed by atoms with Gasteiger partial charge >= 0.3 is 0 Å². The second kappa shape index (κ2) is 12.0. The molecule has 0 spiro atoms. The molecule has 2 fully saturated rings. The lowest BCUT2D eigenvalue weighted by Gasteiger charge is -2.39. The number of hydrogen-bond acceptors (Lipinski definition) is 5. The van der Waals surface area contributed by atoms with Crippen molar-refractivity contribution in [1.29, 1.82) is 0 Å². The molecule has 3 aromatic carbocycles. The number of carbonyl (C=O) groups is 2. The van der Waals surface area contributed by atoms with E-state index in [1.807, 2.05) is 19.1 Å². The minimum atomic E-state index is -3.89. The monoisotopic (exact) mass is 580 g/mol. The highest BCUT2D eigenvalue weighted by molar-refractivity contribution is 7.92. The first-order chi connectivity index (χ1) is 19.2. The van der Waals surface area contributed by atoms with Crippen molar-refractivity contribution in [1.82, 2.24) is 15.5 Å². The number of anilines is 1. The van der Waals surface area contributed by atoms with Crippen LogP contribution in [0.25, 0.3) is 0 Å². The van der Waals surface area contributed by atoms with Crippen LogP contribution in [-0.4, -0.2) is 49.8 Å². The Labute approximate surface area is 240 Å². The lowest BCUT2D eigenvalue weighted by atomic mass is 9.96. The fraction of sp³-hybridized carbons (Fsp3) is 0.333. The molecule has 210 valence electrons. The number of benzene rings is 3. The summed E-state index contributed by atoms with van der Waals surface area (Å²) in [6.07, 6.45) is 3.95. The molecule has 2 atom stereocenters. The molecular weight excluding hydrogens is 548 g/mol. The second-order valence-electron chi connectivity index (χ2n) is 10.6. The minimum Gasteiger partial charge on any atom is -0.352 e. The van der Waals surface area contributed by atoms with Gasteiger partial charge in [0.2, 0.25) is 5.91 Å². The van der Waals surface area contributed by atoms with Crippen LogP contribution in [0.4, 0.5) is 5.69 Å². The van der Waals surface area contributed by atoms with Gasteiger partial charge in [-0.3, -0.25) is 19.2 Å². The van der Waals surface area contributed by atoms with Gasteiger partial charge in [0.05, 0.1) is 22.7 Å². The van der Waals surface area contributed by atoms with Crippen molar-refractivity contribution in [2.75, 3.05) is 11.3 Å². The molecule has 40 heavy (non-hydrogen) atoms. The van der Waals surface area contributed by atoms with E-state index in [-0.39, 0.29) is 34.6 Å². The number of rotatable bonds is 9. The zero-order chi connectivity index (χ0) is 28.3. The van der Waals surface area contributed by atoms with Crippen molar-refractivity contribution >= 4 is 39.1 Å². The number of aryl methyl sites for hydroxylation is 1. The summed E-state index contributed by atoms with van der Waals surface area (Å²) in [7, 11) is -3.89. The van der Waals surface area contributed by atoms with E-state index in [0.717, 1.165) is 42.8 Å². The number of carbonyl (C=O) groups excluding carboxylic acids is 2. The first-order valence-electron chi connectivity index (χ1n) is 13.4. The average Bonchev–Trinajstić information content (AvgIpc) is 3.15. The molecule has 0 saturated carbocycles. The molecule has 10 heteroatoms. The first-order valence-corrected chi connectivity index (χ1v) is 15.3. The van der Waals surface area contributed by atoms with Crippen LogP contribution in [0.1, 0.15) is 47.2 Å². The number of sulfonamides is 1. The molecule has 8 nitrogen and oxygen atoms in total.